The highest BCUT2D eigenvalue weighted by Crippen LogP contribution is 2.36. The number of aromatic hydroxyl groups is 1. The van der Waals surface area contributed by atoms with Gasteiger partial charge in [0.15, 0.2) is 0 Å². The molecule has 3 N–H and O–H groups in total. The Bertz CT molecular complexity index is 689. The Balaban J connectivity index is 2.85. The van der Waals surface area contributed by atoms with E-state index in [0.29, 0.717) is 5.39 Å². The number of carboxylic acids is 2. The zero-order valence-electron chi connectivity index (χ0n) is 9.88. The van der Waals surface area contributed by atoms with E-state index < -0.39 is 17.7 Å². The monoisotopic (exact) mass is 262 g/mol. The average Bonchev–Trinajstić information content (AvgIpc) is 2.37. The highest BCUT2D eigenvalue weighted by atomic mass is 16.5. The molecule has 0 saturated heterocycles. The first-order valence-electron chi connectivity index (χ1n) is 5.26. The number of fused-ring (bicyclic) bond motifs is 1. The molecule has 0 unspecified atom stereocenters. The van der Waals surface area contributed by atoms with Crippen molar-refractivity contribution < 1.29 is 29.6 Å². The second-order valence-electron chi connectivity index (χ2n) is 3.81. The summed E-state index contributed by atoms with van der Waals surface area (Å²) in [6.07, 6.45) is 0. The Morgan fingerprint density at radius 2 is 1.47 bits per heavy atom. The van der Waals surface area contributed by atoms with E-state index in [4.69, 9.17) is 14.9 Å². The van der Waals surface area contributed by atoms with Crippen LogP contribution in [-0.4, -0.2) is 34.4 Å². The molecule has 0 aromatic heterocycles. The molecule has 0 bridgehead atoms. The topological polar surface area (TPSA) is 104 Å². The van der Waals surface area contributed by atoms with Gasteiger partial charge in [0.05, 0.1) is 7.11 Å². The maximum absolute atomic E-state index is 11.0. The number of rotatable bonds is 3. The Labute approximate surface area is 107 Å². The van der Waals surface area contributed by atoms with E-state index >= 15 is 0 Å². The lowest BCUT2D eigenvalue weighted by molar-refractivity contribution is 0.0682. The highest BCUT2D eigenvalue weighted by Gasteiger charge is 2.19. The lowest BCUT2D eigenvalue weighted by Gasteiger charge is -2.11. The number of methoxy groups -OCH3 is 1. The summed E-state index contributed by atoms with van der Waals surface area (Å²) in [5.74, 6) is -2.77. The van der Waals surface area contributed by atoms with Crippen LogP contribution in [0.4, 0.5) is 0 Å². The lowest BCUT2D eigenvalue weighted by atomic mass is 10.0. The Kier molecular flexibility index (Phi) is 3.00. The summed E-state index contributed by atoms with van der Waals surface area (Å²) in [4.78, 5) is 22.0. The van der Waals surface area contributed by atoms with Crippen LogP contribution in [-0.2, 0) is 0 Å². The number of aromatic carboxylic acids is 2. The van der Waals surface area contributed by atoms with E-state index in [1.807, 2.05) is 0 Å². The molecule has 2 rings (SSSR count). The van der Waals surface area contributed by atoms with Gasteiger partial charge in [0.25, 0.3) is 0 Å². The van der Waals surface area contributed by atoms with Crippen molar-refractivity contribution in [1.82, 2.24) is 0 Å². The number of carboxylic acid groups (broad SMARTS) is 2. The molecule has 0 aliphatic rings. The normalized spacial score (nSPS) is 10.4. The fourth-order valence-electron chi connectivity index (χ4n) is 1.92. The number of hydrogen-bond donors (Lipinski definition) is 3. The van der Waals surface area contributed by atoms with Gasteiger partial charge in [-0.25, -0.2) is 9.59 Å². The van der Waals surface area contributed by atoms with Crippen molar-refractivity contribution in [2.24, 2.45) is 0 Å². The first kappa shape index (κ1) is 12.7. The van der Waals surface area contributed by atoms with E-state index in [2.05, 4.69) is 0 Å². The third-order valence-corrected chi connectivity index (χ3v) is 2.79. The van der Waals surface area contributed by atoms with Crippen LogP contribution in [0, 0.1) is 0 Å². The van der Waals surface area contributed by atoms with Crippen LogP contribution in [0.2, 0.25) is 0 Å². The molecule has 0 aliphatic heterocycles. The molecule has 0 spiro atoms. The summed E-state index contributed by atoms with van der Waals surface area (Å²) in [6.45, 7) is 0. The molecule has 98 valence electrons. The van der Waals surface area contributed by atoms with E-state index in [-0.39, 0.29) is 22.3 Å². The van der Waals surface area contributed by atoms with Crippen LogP contribution in [0.25, 0.3) is 10.8 Å². The number of ether oxygens (including phenoxy) is 1. The van der Waals surface area contributed by atoms with Gasteiger partial charge < -0.3 is 20.1 Å². The standard InChI is InChI=1S/C13H10O6/c1-19-11-7-3-4-8(12(15)16)10(14)6(7)2-5-9(11)13(17)18/h2-5,14H,1H3,(H,15,16)(H,17,18). The quantitative estimate of drug-likeness (QED) is 0.781. The van der Waals surface area contributed by atoms with Gasteiger partial charge in [0, 0.05) is 10.8 Å². The Hall–Kier alpha value is -2.76. The SMILES string of the molecule is COc1c(C(=O)O)ccc2c(O)c(C(=O)O)ccc12. The van der Waals surface area contributed by atoms with Crippen molar-refractivity contribution in [3.63, 3.8) is 0 Å². The third-order valence-electron chi connectivity index (χ3n) is 2.79. The molecule has 0 amide bonds. The van der Waals surface area contributed by atoms with Gasteiger partial charge in [-0.1, -0.05) is 0 Å². The maximum Gasteiger partial charge on any atom is 0.339 e. The number of carbonyl (C=O) groups is 2. The first-order valence-corrected chi connectivity index (χ1v) is 5.26. The molecule has 0 aliphatic carbocycles. The third kappa shape index (κ3) is 1.93. The smallest absolute Gasteiger partial charge is 0.339 e. The predicted octanol–water partition coefficient (Wildman–Crippen LogP) is 1.95. The van der Waals surface area contributed by atoms with Gasteiger partial charge in [-0.2, -0.15) is 0 Å². The number of benzene rings is 2. The zero-order chi connectivity index (χ0) is 14.2. The van der Waals surface area contributed by atoms with Crippen LogP contribution in [0.5, 0.6) is 11.5 Å². The molecule has 0 atom stereocenters. The molecule has 6 nitrogen and oxygen atoms in total. The van der Waals surface area contributed by atoms with Gasteiger partial charge in [0.2, 0.25) is 0 Å². The van der Waals surface area contributed by atoms with Crippen molar-refractivity contribution in [1.29, 1.82) is 0 Å². The van der Waals surface area contributed by atoms with Crippen molar-refractivity contribution in [3.8, 4) is 11.5 Å². The van der Waals surface area contributed by atoms with E-state index in [1.165, 1.54) is 31.4 Å². The second kappa shape index (κ2) is 4.49. The van der Waals surface area contributed by atoms with Crippen LogP contribution in [0.15, 0.2) is 24.3 Å². The summed E-state index contributed by atoms with van der Waals surface area (Å²) < 4.78 is 5.04. The fraction of sp³-hybridized carbons (Fsp3) is 0.0769. The zero-order valence-corrected chi connectivity index (χ0v) is 9.88. The summed E-state index contributed by atoms with van der Waals surface area (Å²) >= 11 is 0. The fourth-order valence-corrected chi connectivity index (χ4v) is 1.92. The first-order chi connectivity index (χ1) is 8.97. The van der Waals surface area contributed by atoms with Crippen LogP contribution < -0.4 is 4.74 Å². The summed E-state index contributed by atoms with van der Waals surface area (Å²) in [5.41, 5.74) is -0.310. The molecule has 0 saturated carbocycles. The van der Waals surface area contributed by atoms with Crippen LogP contribution in [0.3, 0.4) is 0 Å². The Morgan fingerprint density at radius 1 is 0.947 bits per heavy atom. The van der Waals surface area contributed by atoms with Gasteiger partial charge in [-0.3, -0.25) is 0 Å². The highest BCUT2D eigenvalue weighted by molar-refractivity contribution is 6.06. The largest absolute Gasteiger partial charge is 0.506 e. The minimum Gasteiger partial charge on any atom is -0.506 e. The number of hydrogen-bond acceptors (Lipinski definition) is 4. The van der Waals surface area contributed by atoms with E-state index in [0.717, 1.165) is 0 Å². The van der Waals surface area contributed by atoms with Gasteiger partial charge in [0.1, 0.15) is 22.6 Å². The summed E-state index contributed by atoms with van der Waals surface area (Å²) in [6, 6.07) is 5.22. The minimum absolute atomic E-state index is 0.0579. The van der Waals surface area contributed by atoms with E-state index in [1.54, 1.807) is 0 Å². The second-order valence-corrected chi connectivity index (χ2v) is 3.81. The minimum atomic E-state index is -1.26. The van der Waals surface area contributed by atoms with Crippen molar-refractivity contribution in [3.05, 3.63) is 35.4 Å². The molecule has 0 radical (unpaired) electrons. The molecule has 0 heterocycles. The van der Waals surface area contributed by atoms with Crippen molar-refractivity contribution >= 4 is 22.7 Å². The molecule has 19 heavy (non-hydrogen) atoms. The Morgan fingerprint density at radius 3 is 2.00 bits per heavy atom. The van der Waals surface area contributed by atoms with Crippen LogP contribution in [0.1, 0.15) is 20.7 Å². The van der Waals surface area contributed by atoms with Gasteiger partial charge in [-0.15, -0.1) is 0 Å². The lowest BCUT2D eigenvalue weighted by Crippen LogP contribution is -2.02. The molecule has 2 aromatic rings. The summed E-state index contributed by atoms with van der Waals surface area (Å²) in [5, 5.41) is 28.4. The maximum atomic E-state index is 11.0. The van der Waals surface area contributed by atoms with Crippen molar-refractivity contribution in [2.45, 2.75) is 0 Å². The van der Waals surface area contributed by atoms with Gasteiger partial charge in [-0.05, 0) is 24.3 Å². The summed E-state index contributed by atoms with van der Waals surface area (Å²) in [7, 11) is 1.31. The van der Waals surface area contributed by atoms with Gasteiger partial charge >= 0.3 is 11.9 Å². The van der Waals surface area contributed by atoms with Crippen molar-refractivity contribution in [2.75, 3.05) is 7.11 Å². The molecular formula is C13H10O6. The predicted molar refractivity (Wildman–Crippen MR) is 66.1 cm³/mol. The molecule has 0 fully saturated rings. The average molecular weight is 262 g/mol. The molecule has 2 aromatic carbocycles. The van der Waals surface area contributed by atoms with Crippen LogP contribution >= 0.6 is 0 Å². The van der Waals surface area contributed by atoms with E-state index in [9.17, 15) is 14.7 Å². The molecular weight excluding hydrogens is 252 g/mol. The molecule has 6 heteroatoms. The number of phenols is 1.